The molecular weight excluding hydrogens is 208 g/mol. The van der Waals surface area contributed by atoms with Gasteiger partial charge in [0.15, 0.2) is 0 Å². The van der Waals surface area contributed by atoms with Gasteiger partial charge >= 0.3 is 5.97 Å². The molecule has 1 amide bonds. The van der Waals surface area contributed by atoms with Crippen molar-refractivity contribution in [2.24, 2.45) is 11.7 Å². The number of carbonyl (C=O) groups excluding carboxylic acids is 1. The average molecular weight is 230 g/mol. The predicted octanol–water partition coefficient (Wildman–Crippen LogP) is 0.733. The number of nitrogens with one attached hydrogen (secondary N) is 1. The molecule has 0 aromatic rings. The summed E-state index contributed by atoms with van der Waals surface area (Å²) in [5.41, 5.74) is 5.44. The minimum absolute atomic E-state index is 0.0237. The second-order valence-electron chi connectivity index (χ2n) is 4.08. The van der Waals surface area contributed by atoms with Crippen LogP contribution in [0.1, 0.15) is 39.0 Å². The molecule has 0 radical (unpaired) electrons. The van der Waals surface area contributed by atoms with Crippen LogP contribution in [0.3, 0.4) is 0 Å². The maximum Gasteiger partial charge on any atom is 0.303 e. The number of carboxylic acid groups (broad SMARTS) is 1. The summed E-state index contributed by atoms with van der Waals surface area (Å²) >= 11 is 0. The number of rotatable bonds is 9. The fourth-order valence-corrected chi connectivity index (χ4v) is 1.21. The number of hydrogen-bond acceptors (Lipinski definition) is 3. The van der Waals surface area contributed by atoms with Crippen molar-refractivity contribution >= 4 is 11.9 Å². The van der Waals surface area contributed by atoms with E-state index in [9.17, 15) is 9.59 Å². The highest BCUT2D eigenvalue weighted by atomic mass is 16.4. The van der Waals surface area contributed by atoms with Crippen LogP contribution in [0.4, 0.5) is 0 Å². The number of amides is 1. The highest BCUT2D eigenvalue weighted by molar-refractivity contribution is 5.75. The highest BCUT2D eigenvalue weighted by Crippen LogP contribution is 2.02. The zero-order valence-electron chi connectivity index (χ0n) is 9.87. The fraction of sp³-hybridized carbons (Fsp3) is 0.818. The number of carbonyl (C=O) groups is 2. The van der Waals surface area contributed by atoms with Crippen LogP contribution in [0.2, 0.25) is 0 Å². The molecule has 1 atom stereocenters. The van der Waals surface area contributed by atoms with Gasteiger partial charge in [-0.3, -0.25) is 9.59 Å². The highest BCUT2D eigenvalue weighted by Gasteiger charge is 2.04. The van der Waals surface area contributed by atoms with Gasteiger partial charge in [-0.1, -0.05) is 6.92 Å². The summed E-state index contributed by atoms with van der Waals surface area (Å²) in [5.74, 6) is -0.392. The van der Waals surface area contributed by atoms with Crippen molar-refractivity contribution in [2.75, 3.05) is 13.1 Å². The van der Waals surface area contributed by atoms with Crippen molar-refractivity contribution in [3.8, 4) is 0 Å². The molecule has 16 heavy (non-hydrogen) atoms. The van der Waals surface area contributed by atoms with Gasteiger partial charge in [0.25, 0.3) is 0 Å². The lowest BCUT2D eigenvalue weighted by Gasteiger charge is -2.08. The molecule has 94 valence electrons. The number of nitrogens with two attached hydrogens (primary N) is 1. The van der Waals surface area contributed by atoms with Crippen molar-refractivity contribution in [3.05, 3.63) is 0 Å². The number of hydrogen-bond donors (Lipinski definition) is 3. The lowest BCUT2D eigenvalue weighted by molar-refractivity contribution is -0.137. The third-order valence-corrected chi connectivity index (χ3v) is 2.41. The molecule has 0 aliphatic carbocycles. The van der Waals surface area contributed by atoms with E-state index in [1.807, 2.05) is 6.92 Å². The Morgan fingerprint density at radius 3 is 2.56 bits per heavy atom. The first kappa shape index (κ1) is 14.9. The summed E-state index contributed by atoms with van der Waals surface area (Å²) in [6.45, 7) is 3.18. The topological polar surface area (TPSA) is 92.4 Å². The van der Waals surface area contributed by atoms with E-state index in [-0.39, 0.29) is 12.3 Å². The number of aliphatic carboxylic acids is 1. The van der Waals surface area contributed by atoms with Crippen LogP contribution in [0.5, 0.6) is 0 Å². The van der Waals surface area contributed by atoms with Crippen LogP contribution in [0, 0.1) is 5.92 Å². The zero-order valence-corrected chi connectivity index (χ0v) is 9.87. The molecule has 1 unspecified atom stereocenters. The van der Waals surface area contributed by atoms with Gasteiger partial charge in [0.05, 0.1) is 0 Å². The van der Waals surface area contributed by atoms with Gasteiger partial charge in [-0.05, 0) is 31.7 Å². The standard InChI is InChI=1S/C11H22N2O3/c1-9(8-12)5-6-10(14)13-7-3-2-4-11(15)16/h9H,2-8,12H2,1H3,(H,13,14)(H,15,16). The average Bonchev–Trinajstić information content (AvgIpc) is 2.24. The van der Waals surface area contributed by atoms with Crippen molar-refractivity contribution < 1.29 is 14.7 Å². The first-order chi connectivity index (χ1) is 7.56. The summed E-state index contributed by atoms with van der Waals surface area (Å²) in [4.78, 5) is 21.5. The Bertz CT molecular complexity index is 219. The van der Waals surface area contributed by atoms with Crippen molar-refractivity contribution in [1.82, 2.24) is 5.32 Å². The van der Waals surface area contributed by atoms with E-state index in [2.05, 4.69) is 5.32 Å². The molecule has 0 heterocycles. The normalized spacial score (nSPS) is 12.1. The number of unbranched alkanes of at least 4 members (excludes halogenated alkanes) is 1. The molecular formula is C11H22N2O3. The molecule has 5 nitrogen and oxygen atoms in total. The largest absolute Gasteiger partial charge is 0.481 e. The third-order valence-electron chi connectivity index (χ3n) is 2.41. The van der Waals surface area contributed by atoms with Gasteiger partial charge < -0.3 is 16.2 Å². The Hall–Kier alpha value is -1.10. The van der Waals surface area contributed by atoms with Gasteiger partial charge in [0.2, 0.25) is 5.91 Å². The molecule has 0 spiro atoms. The maximum atomic E-state index is 11.3. The molecule has 0 saturated heterocycles. The maximum absolute atomic E-state index is 11.3. The molecule has 0 aliphatic rings. The molecule has 0 saturated carbocycles. The molecule has 0 aliphatic heterocycles. The van der Waals surface area contributed by atoms with Crippen LogP contribution in [-0.4, -0.2) is 30.1 Å². The summed E-state index contributed by atoms with van der Waals surface area (Å²) in [7, 11) is 0. The van der Waals surface area contributed by atoms with Gasteiger partial charge in [-0.25, -0.2) is 0 Å². The molecule has 0 fully saturated rings. The van der Waals surface area contributed by atoms with E-state index in [0.29, 0.717) is 38.3 Å². The molecule has 0 bridgehead atoms. The van der Waals surface area contributed by atoms with Crippen LogP contribution < -0.4 is 11.1 Å². The van der Waals surface area contributed by atoms with Gasteiger partial charge in [0.1, 0.15) is 0 Å². The van der Waals surface area contributed by atoms with Gasteiger partial charge in [-0.2, -0.15) is 0 Å². The van der Waals surface area contributed by atoms with Crippen molar-refractivity contribution in [3.63, 3.8) is 0 Å². The molecule has 5 heteroatoms. The Balaban J connectivity index is 3.33. The summed E-state index contributed by atoms with van der Waals surface area (Å²) in [6.07, 6.45) is 2.79. The van der Waals surface area contributed by atoms with Crippen LogP contribution in [0.25, 0.3) is 0 Å². The molecule has 4 N–H and O–H groups in total. The Morgan fingerprint density at radius 1 is 1.31 bits per heavy atom. The molecule has 0 aromatic carbocycles. The van der Waals surface area contributed by atoms with Crippen LogP contribution in [-0.2, 0) is 9.59 Å². The smallest absolute Gasteiger partial charge is 0.303 e. The van der Waals surface area contributed by atoms with Crippen molar-refractivity contribution in [1.29, 1.82) is 0 Å². The SMILES string of the molecule is CC(CN)CCC(=O)NCCCCC(=O)O. The third kappa shape index (κ3) is 9.45. The lowest BCUT2D eigenvalue weighted by Crippen LogP contribution is -2.25. The fourth-order valence-electron chi connectivity index (χ4n) is 1.21. The first-order valence-electron chi connectivity index (χ1n) is 5.74. The Kier molecular flexibility index (Phi) is 8.52. The van der Waals surface area contributed by atoms with E-state index in [1.54, 1.807) is 0 Å². The summed E-state index contributed by atoms with van der Waals surface area (Å²) < 4.78 is 0. The first-order valence-corrected chi connectivity index (χ1v) is 5.74. The molecule has 0 rings (SSSR count). The lowest BCUT2D eigenvalue weighted by atomic mass is 10.1. The van der Waals surface area contributed by atoms with Crippen molar-refractivity contribution in [2.45, 2.75) is 39.0 Å². The van der Waals surface area contributed by atoms with Crippen LogP contribution >= 0.6 is 0 Å². The quantitative estimate of drug-likeness (QED) is 0.509. The number of carboxylic acids is 1. The van der Waals surface area contributed by atoms with Crippen LogP contribution in [0.15, 0.2) is 0 Å². The second kappa shape index (κ2) is 9.15. The van der Waals surface area contributed by atoms with E-state index in [0.717, 1.165) is 6.42 Å². The monoisotopic (exact) mass is 230 g/mol. The predicted molar refractivity (Wildman–Crippen MR) is 61.9 cm³/mol. The van der Waals surface area contributed by atoms with Gasteiger partial charge in [0, 0.05) is 19.4 Å². The molecule has 0 aromatic heterocycles. The minimum atomic E-state index is -0.789. The summed E-state index contributed by atoms with van der Waals surface area (Å²) in [6, 6.07) is 0. The van der Waals surface area contributed by atoms with E-state index < -0.39 is 5.97 Å². The van der Waals surface area contributed by atoms with E-state index >= 15 is 0 Å². The second-order valence-corrected chi connectivity index (χ2v) is 4.08. The van der Waals surface area contributed by atoms with E-state index in [1.165, 1.54) is 0 Å². The Morgan fingerprint density at radius 2 is 2.00 bits per heavy atom. The van der Waals surface area contributed by atoms with Gasteiger partial charge in [-0.15, -0.1) is 0 Å². The zero-order chi connectivity index (χ0) is 12.4. The van der Waals surface area contributed by atoms with E-state index in [4.69, 9.17) is 10.8 Å². The Labute approximate surface area is 96.4 Å². The minimum Gasteiger partial charge on any atom is -0.481 e. The summed E-state index contributed by atoms with van der Waals surface area (Å²) in [5, 5.41) is 11.2.